The minimum Gasteiger partial charge on any atom is -0.493 e. The van der Waals surface area contributed by atoms with Gasteiger partial charge in [0.05, 0.1) is 12.7 Å². The van der Waals surface area contributed by atoms with Crippen LogP contribution in [0.5, 0.6) is 5.75 Å². The van der Waals surface area contributed by atoms with E-state index in [0.29, 0.717) is 19.0 Å². The van der Waals surface area contributed by atoms with Crippen LogP contribution in [0.15, 0.2) is 18.2 Å². The normalized spacial score (nSPS) is 17.5. The number of aliphatic hydroxyl groups is 1. The first-order chi connectivity index (χ1) is 10.6. The molecule has 1 fully saturated rings. The highest BCUT2D eigenvalue weighted by molar-refractivity contribution is 5.73. The van der Waals surface area contributed by atoms with E-state index in [4.69, 9.17) is 4.74 Å². The summed E-state index contributed by atoms with van der Waals surface area (Å²) in [5.41, 5.74) is 2.47. The molecule has 0 bridgehead atoms. The molecule has 1 atom stereocenters. The third-order valence-electron chi connectivity index (χ3n) is 4.42. The van der Waals surface area contributed by atoms with Gasteiger partial charge in [-0.3, -0.25) is 0 Å². The third-order valence-corrected chi connectivity index (χ3v) is 4.42. The van der Waals surface area contributed by atoms with Gasteiger partial charge in [-0.1, -0.05) is 12.1 Å². The number of carbonyl (C=O) groups is 1. The Morgan fingerprint density at radius 2 is 2.32 bits per heavy atom. The molecule has 1 aromatic rings. The smallest absolute Gasteiger partial charge is 0.317 e. The fourth-order valence-corrected chi connectivity index (χ4v) is 2.84. The van der Waals surface area contributed by atoms with Crippen LogP contribution < -0.4 is 10.1 Å². The zero-order chi connectivity index (χ0) is 15.5. The monoisotopic (exact) mass is 304 g/mol. The SMILES string of the molecule is CN(CC(O)C1CC1)C(=O)NCCc1ccc2c(c1)CCO2. The predicted molar refractivity (Wildman–Crippen MR) is 84.1 cm³/mol. The second-order valence-electron chi connectivity index (χ2n) is 6.31. The topological polar surface area (TPSA) is 61.8 Å². The third kappa shape index (κ3) is 3.71. The number of hydrogen-bond donors (Lipinski definition) is 2. The van der Waals surface area contributed by atoms with Crippen LogP contribution in [0.4, 0.5) is 4.79 Å². The Labute approximate surface area is 131 Å². The van der Waals surface area contributed by atoms with Crippen molar-refractivity contribution in [2.24, 2.45) is 5.92 Å². The second kappa shape index (κ2) is 6.57. The molecule has 22 heavy (non-hydrogen) atoms. The summed E-state index contributed by atoms with van der Waals surface area (Å²) >= 11 is 0. The highest BCUT2D eigenvalue weighted by atomic mass is 16.5. The molecule has 0 radical (unpaired) electrons. The van der Waals surface area contributed by atoms with Crippen LogP contribution in [0, 0.1) is 5.92 Å². The number of nitrogens with zero attached hydrogens (tertiary/aromatic N) is 1. The van der Waals surface area contributed by atoms with Crippen molar-refractivity contribution in [2.45, 2.75) is 31.8 Å². The van der Waals surface area contributed by atoms with E-state index < -0.39 is 0 Å². The van der Waals surface area contributed by atoms with Gasteiger partial charge in [0.2, 0.25) is 0 Å². The van der Waals surface area contributed by atoms with Gasteiger partial charge in [0, 0.05) is 26.6 Å². The molecule has 5 heteroatoms. The van der Waals surface area contributed by atoms with Crippen molar-refractivity contribution in [3.63, 3.8) is 0 Å². The van der Waals surface area contributed by atoms with Gasteiger partial charge in [0.15, 0.2) is 0 Å². The molecule has 0 aromatic heterocycles. The van der Waals surface area contributed by atoms with Crippen LogP contribution in [-0.4, -0.2) is 48.9 Å². The molecule has 2 amide bonds. The Morgan fingerprint density at radius 3 is 3.09 bits per heavy atom. The molecule has 1 unspecified atom stereocenters. The first-order valence-corrected chi connectivity index (χ1v) is 8.05. The van der Waals surface area contributed by atoms with E-state index in [9.17, 15) is 9.90 Å². The van der Waals surface area contributed by atoms with Gasteiger partial charge in [-0.2, -0.15) is 0 Å². The van der Waals surface area contributed by atoms with Gasteiger partial charge >= 0.3 is 6.03 Å². The maximum absolute atomic E-state index is 12.0. The van der Waals surface area contributed by atoms with E-state index in [1.54, 1.807) is 11.9 Å². The first-order valence-electron chi connectivity index (χ1n) is 8.05. The quantitative estimate of drug-likeness (QED) is 0.839. The van der Waals surface area contributed by atoms with Crippen LogP contribution in [0.25, 0.3) is 0 Å². The summed E-state index contributed by atoms with van der Waals surface area (Å²) in [5, 5.41) is 12.8. The lowest BCUT2D eigenvalue weighted by Gasteiger charge is -2.21. The molecule has 1 aliphatic carbocycles. The van der Waals surface area contributed by atoms with E-state index in [1.807, 2.05) is 6.07 Å². The predicted octanol–water partition coefficient (Wildman–Crippen LogP) is 1.58. The highest BCUT2D eigenvalue weighted by Crippen LogP contribution is 2.32. The van der Waals surface area contributed by atoms with Gasteiger partial charge in [-0.15, -0.1) is 0 Å². The van der Waals surface area contributed by atoms with Crippen LogP contribution in [0.1, 0.15) is 24.0 Å². The Kier molecular flexibility index (Phi) is 4.52. The Bertz CT molecular complexity index is 543. The summed E-state index contributed by atoms with van der Waals surface area (Å²) in [7, 11) is 1.73. The number of urea groups is 1. The Hall–Kier alpha value is -1.75. The molecular formula is C17H24N2O3. The fraction of sp³-hybridized carbons (Fsp3) is 0.588. The van der Waals surface area contributed by atoms with Gasteiger partial charge in [0.1, 0.15) is 5.75 Å². The number of likely N-dealkylation sites (N-methyl/N-ethyl adjacent to an activating group) is 1. The molecule has 1 aliphatic heterocycles. The lowest BCUT2D eigenvalue weighted by atomic mass is 10.1. The summed E-state index contributed by atoms with van der Waals surface area (Å²) < 4.78 is 5.49. The minimum absolute atomic E-state index is 0.121. The molecule has 2 aliphatic rings. The molecule has 2 N–H and O–H groups in total. The van der Waals surface area contributed by atoms with Crippen molar-refractivity contribution >= 4 is 6.03 Å². The summed E-state index contributed by atoms with van der Waals surface area (Å²) in [5.74, 6) is 1.38. The van der Waals surface area contributed by atoms with E-state index in [0.717, 1.165) is 38.0 Å². The number of rotatable bonds is 6. The van der Waals surface area contributed by atoms with Crippen LogP contribution in [0.2, 0.25) is 0 Å². The number of aliphatic hydroxyl groups excluding tert-OH is 1. The molecule has 5 nitrogen and oxygen atoms in total. The number of nitrogens with one attached hydrogen (secondary N) is 1. The molecule has 0 saturated heterocycles. The van der Waals surface area contributed by atoms with Crippen molar-refractivity contribution < 1.29 is 14.6 Å². The first kappa shape index (κ1) is 15.2. The molecule has 3 rings (SSSR count). The molecule has 1 aromatic carbocycles. The standard InChI is InChI=1S/C17H24N2O3/c1-19(11-15(20)13-3-4-13)17(21)18-8-6-12-2-5-16-14(10-12)7-9-22-16/h2,5,10,13,15,20H,3-4,6-9,11H2,1H3,(H,18,21). The minimum atomic E-state index is -0.382. The zero-order valence-corrected chi connectivity index (χ0v) is 13.0. The number of amides is 2. The zero-order valence-electron chi connectivity index (χ0n) is 13.0. The molecule has 1 heterocycles. The van der Waals surface area contributed by atoms with Crippen LogP contribution >= 0.6 is 0 Å². The van der Waals surface area contributed by atoms with Crippen molar-refractivity contribution in [3.8, 4) is 5.75 Å². The average Bonchev–Trinajstić information content (AvgIpc) is 3.25. The summed E-state index contributed by atoms with van der Waals surface area (Å²) in [6, 6.07) is 6.10. The maximum Gasteiger partial charge on any atom is 0.317 e. The number of benzene rings is 1. The molecule has 120 valence electrons. The van der Waals surface area contributed by atoms with Crippen molar-refractivity contribution in [1.82, 2.24) is 10.2 Å². The largest absolute Gasteiger partial charge is 0.493 e. The summed E-state index contributed by atoms with van der Waals surface area (Å²) in [6.45, 7) is 1.78. The molecule has 0 spiro atoms. The number of carbonyl (C=O) groups excluding carboxylic acids is 1. The molecular weight excluding hydrogens is 280 g/mol. The van der Waals surface area contributed by atoms with Crippen molar-refractivity contribution in [1.29, 1.82) is 0 Å². The Morgan fingerprint density at radius 1 is 1.50 bits per heavy atom. The maximum atomic E-state index is 12.0. The van der Waals surface area contributed by atoms with Gasteiger partial charge in [-0.05, 0) is 42.4 Å². The number of ether oxygens (including phenoxy) is 1. The highest BCUT2D eigenvalue weighted by Gasteiger charge is 2.31. The second-order valence-corrected chi connectivity index (χ2v) is 6.31. The number of fused-ring (bicyclic) bond motifs is 1. The summed E-state index contributed by atoms with van der Waals surface area (Å²) in [6.07, 6.45) is 3.56. The lowest BCUT2D eigenvalue weighted by molar-refractivity contribution is 0.113. The van der Waals surface area contributed by atoms with E-state index in [2.05, 4.69) is 17.4 Å². The van der Waals surface area contributed by atoms with E-state index in [-0.39, 0.29) is 12.1 Å². The Balaban J connectivity index is 1.41. The number of hydrogen-bond acceptors (Lipinski definition) is 3. The van der Waals surface area contributed by atoms with Crippen molar-refractivity contribution in [3.05, 3.63) is 29.3 Å². The average molecular weight is 304 g/mol. The van der Waals surface area contributed by atoms with Gasteiger partial charge in [-0.25, -0.2) is 4.79 Å². The molecule has 1 saturated carbocycles. The van der Waals surface area contributed by atoms with Gasteiger partial charge < -0.3 is 20.1 Å². The lowest BCUT2D eigenvalue weighted by Crippen LogP contribution is -2.42. The van der Waals surface area contributed by atoms with E-state index in [1.165, 1.54) is 11.1 Å². The van der Waals surface area contributed by atoms with Crippen LogP contribution in [0.3, 0.4) is 0 Å². The van der Waals surface area contributed by atoms with E-state index >= 15 is 0 Å². The fourth-order valence-electron chi connectivity index (χ4n) is 2.84. The van der Waals surface area contributed by atoms with Crippen molar-refractivity contribution in [2.75, 3.05) is 26.7 Å². The van der Waals surface area contributed by atoms with Crippen LogP contribution in [-0.2, 0) is 12.8 Å². The van der Waals surface area contributed by atoms with Gasteiger partial charge in [0.25, 0.3) is 0 Å². The summed E-state index contributed by atoms with van der Waals surface area (Å²) in [4.78, 5) is 13.6.